The van der Waals surface area contributed by atoms with Crippen molar-refractivity contribution < 1.29 is 23.5 Å². The van der Waals surface area contributed by atoms with Crippen LogP contribution in [0.15, 0.2) is 70.9 Å². The minimum Gasteiger partial charge on any atom is -0.452 e. The Morgan fingerprint density at radius 3 is 2.66 bits per heavy atom. The fourth-order valence-electron chi connectivity index (χ4n) is 2.99. The molecule has 0 atom stereocenters. The summed E-state index contributed by atoms with van der Waals surface area (Å²) in [5, 5.41) is 0. The molecule has 4 rings (SSSR count). The zero-order chi connectivity index (χ0) is 20.5. The molecule has 3 aromatic carbocycles. The summed E-state index contributed by atoms with van der Waals surface area (Å²) in [6.07, 6.45) is 1.66. The van der Waals surface area contributed by atoms with E-state index in [1.54, 1.807) is 19.1 Å². The smallest absolute Gasteiger partial charge is 0.343 e. The number of halogens is 2. The van der Waals surface area contributed by atoms with Gasteiger partial charge in [-0.2, -0.15) is 0 Å². The summed E-state index contributed by atoms with van der Waals surface area (Å²) < 4.78 is 25.4. The number of ether oxygens (including phenoxy) is 2. The topological polar surface area (TPSA) is 52.6 Å². The van der Waals surface area contributed by atoms with Gasteiger partial charge in [0.2, 0.25) is 5.78 Å². The molecule has 6 heteroatoms. The van der Waals surface area contributed by atoms with Gasteiger partial charge in [0.05, 0.1) is 11.1 Å². The average Bonchev–Trinajstić information content (AvgIpc) is 3.02. The molecule has 0 radical (unpaired) electrons. The lowest BCUT2D eigenvalue weighted by Gasteiger charge is -2.10. The summed E-state index contributed by atoms with van der Waals surface area (Å²) in [6.45, 7) is 1.70. The highest BCUT2D eigenvalue weighted by Crippen LogP contribution is 2.39. The summed E-state index contributed by atoms with van der Waals surface area (Å²) in [7, 11) is 0. The fraction of sp³-hybridized carbons (Fsp3) is 0.0435. The van der Waals surface area contributed by atoms with E-state index in [-0.39, 0.29) is 22.9 Å². The van der Waals surface area contributed by atoms with Crippen LogP contribution in [0.5, 0.6) is 11.5 Å². The van der Waals surface area contributed by atoms with E-state index in [0.717, 1.165) is 16.1 Å². The van der Waals surface area contributed by atoms with Crippen LogP contribution in [0.25, 0.3) is 6.08 Å². The zero-order valence-corrected chi connectivity index (χ0v) is 16.8. The lowest BCUT2D eigenvalue weighted by Crippen LogP contribution is -2.09. The molecule has 29 heavy (non-hydrogen) atoms. The number of hydrogen-bond donors (Lipinski definition) is 0. The third kappa shape index (κ3) is 3.71. The van der Waals surface area contributed by atoms with Gasteiger partial charge in [0.25, 0.3) is 0 Å². The Morgan fingerprint density at radius 1 is 1.10 bits per heavy atom. The zero-order valence-electron chi connectivity index (χ0n) is 15.2. The largest absolute Gasteiger partial charge is 0.452 e. The van der Waals surface area contributed by atoms with Crippen LogP contribution in [-0.4, -0.2) is 11.8 Å². The molecular weight excluding hydrogens is 439 g/mol. The number of carbonyl (C=O) groups is 2. The number of carbonyl (C=O) groups excluding carboxylic acids is 2. The molecule has 1 aliphatic heterocycles. The van der Waals surface area contributed by atoms with E-state index >= 15 is 0 Å². The predicted octanol–water partition coefficient (Wildman–Crippen LogP) is 5.73. The van der Waals surface area contributed by atoms with E-state index in [1.165, 1.54) is 24.3 Å². The van der Waals surface area contributed by atoms with Crippen molar-refractivity contribution in [1.82, 2.24) is 0 Å². The van der Waals surface area contributed by atoms with E-state index in [9.17, 15) is 14.0 Å². The maximum absolute atomic E-state index is 13.3. The molecule has 4 nitrogen and oxygen atoms in total. The molecule has 0 unspecified atom stereocenters. The minimum atomic E-state index is -0.694. The predicted molar refractivity (Wildman–Crippen MR) is 110 cm³/mol. The molecule has 0 amide bonds. The molecule has 144 valence electrons. The lowest BCUT2D eigenvalue weighted by atomic mass is 10.1. The van der Waals surface area contributed by atoms with Crippen molar-refractivity contribution in [1.29, 1.82) is 0 Å². The van der Waals surface area contributed by atoms with Gasteiger partial charge in [0.15, 0.2) is 5.76 Å². The molecule has 0 saturated heterocycles. The number of fused-ring (bicyclic) bond motifs is 1. The van der Waals surface area contributed by atoms with Gasteiger partial charge in [0, 0.05) is 10.0 Å². The highest BCUT2D eigenvalue weighted by atomic mass is 79.9. The fourth-order valence-corrected chi connectivity index (χ4v) is 3.39. The highest BCUT2D eigenvalue weighted by molar-refractivity contribution is 9.10. The van der Waals surface area contributed by atoms with Crippen LogP contribution in [0.1, 0.15) is 31.8 Å². The molecule has 1 heterocycles. The first-order valence-electron chi connectivity index (χ1n) is 8.74. The van der Waals surface area contributed by atoms with Gasteiger partial charge in [-0.25, -0.2) is 9.18 Å². The molecular formula is C23H14BrFO4. The number of rotatable bonds is 3. The number of ketones is 1. The van der Waals surface area contributed by atoms with Crippen molar-refractivity contribution in [2.24, 2.45) is 0 Å². The van der Waals surface area contributed by atoms with Crippen LogP contribution in [0.3, 0.4) is 0 Å². The maximum Gasteiger partial charge on any atom is 0.343 e. The van der Waals surface area contributed by atoms with E-state index in [2.05, 4.69) is 15.9 Å². The van der Waals surface area contributed by atoms with Crippen molar-refractivity contribution in [2.45, 2.75) is 6.92 Å². The molecule has 3 aromatic rings. The normalized spacial score (nSPS) is 13.9. The summed E-state index contributed by atoms with van der Waals surface area (Å²) >= 11 is 3.44. The summed E-state index contributed by atoms with van der Waals surface area (Å²) in [5.74, 6) is -0.696. The molecule has 0 saturated carbocycles. The van der Waals surface area contributed by atoms with Crippen LogP contribution >= 0.6 is 15.9 Å². The standard InChI is InChI=1S/C23H14BrFO4/c1-13-19(29-23(27)15-6-4-7-16(25)11-15)10-9-17-21(26)20(28-22(13)17)12-14-5-2-3-8-18(14)24/h2-12H,1H3/b20-12-. The quantitative estimate of drug-likeness (QED) is 0.289. The van der Waals surface area contributed by atoms with E-state index in [0.29, 0.717) is 16.9 Å². The minimum absolute atomic E-state index is 0.0939. The SMILES string of the molecule is Cc1c(OC(=O)c2cccc(F)c2)ccc2c1O/C(=C\c1ccccc1Br)C2=O. The van der Waals surface area contributed by atoms with E-state index in [4.69, 9.17) is 9.47 Å². The van der Waals surface area contributed by atoms with Crippen LogP contribution in [0.4, 0.5) is 4.39 Å². The third-order valence-electron chi connectivity index (χ3n) is 4.49. The van der Waals surface area contributed by atoms with Crippen molar-refractivity contribution in [2.75, 3.05) is 0 Å². The van der Waals surface area contributed by atoms with Crippen molar-refractivity contribution in [3.8, 4) is 11.5 Å². The van der Waals surface area contributed by atoms with Gasteiger partial charge in [0.1, 0.15) is 17.3 Å². The van der Waals surface area contributed by atoms with Crippen molar-refractivity contribution in [3.63, 3.8) is 0 Å². The monoisotopic (exact) mass is 452 g/mol. The number of hydrogen-bond acceptors (Lipinski definition) is 4. The second kappa shape index (κ2) is 7.64. The average molecular weight is 453 g/mol. The van der Waals surface area contributed by atoms with Gasteiger partial charge < -0.3 is 9.47 Å². The van der Waals surface area contributed by atoms with Gasteiger partial charge in [-0.3, -0.25) is 4.79 Å². The summed E-state index contributed by atoms with van der Waals surface area (Å²) in [4.78, 5) is 25.0. The molecule has 0 N–H and O–H groups in total. The number of benzene rings is 3. The Kier molecular flexibility index (Phi) is 5.03. The van der Waals surface area contributed by atoms with E-state index in [1.807, 2.05) is 24.3 Å². The number of allylic oxidation sites excluding steroid dienone is 1. The molecule has 0 fully saturated rings. The Hall–Kier alpha value is -3.25. The van der Waals surface area contributed by atoms with E-state index < -0.39 is 11.8 Å². The Morgan fingerprint density at radius 2 is 1.90 bits per heavy atom. The number of Topliss-reactive ketones (excluding diaryl/α,β-unsaturated/α-hetero) is 1. The first-order chi connectivity index (χ1) is 13.9. The Balaban J connectivity index is 1.63. The number of esters is 1. The van der Waals surface area contributed by atoms with Gasteiger partial charge in [-0.05, 0) is 55.0 Å². The summed E-state index contributed by atoms with van der Waals surface area (Å²) in [5.41, 5.74) is 1.80. The van der Waals surface area contributed by atoms with Crippen molar-refractivity contribution in [3.05, 3.63) is 99.0 Å². The Labute approximate surface area is 174 Å². The summed E-state index contributed by atoms with van der Waals surface area (Å²) in [6, 6.07) is 15.8. The lowest BCUT2D eigenvalue weighted by molar-refractivity contribution is 0.0732. The van der Waals surface area contributed by atoms with Gasteiger partial charge in [-0.15, -0.1) is 0 Å². The molecule has 0 spiro atoms. The van der Waals surface area contributed by atoms with Gasteiger partial charge in [-0.1, -0.05) is 40.2 Å². The van der Waals surface area contributed by atoms with Crippen LogP contribution in [0, 0.1) is 12.7 Å². The van der Waals surface area contributed by atoms with Crippen LogP contribution < -0.4 is 9.47 Å². The Bertz CT molecular complexity index is 1180. The van der Waals surface area contributed by atoms with Gasteiger partial charge >= 0.3 is 5.97 Å². The molecule has 0 bridgehead atoms. The van der Waals surface area contributed by atoms with Crippen molar-refractivity contribution >= 4 is 33.8 Å². The molecule has 0 aromatic heterocycles. The molecule has 0 aliphatic carbocycles. The van der Waals surface area contributed by atoms with Crippen LogP contribution in [0.2, 0.25) is 0 Å². The molecule has 1 aliphatic rings. The second-order valence-electron chi connectivity index (χ2n) is 6.43. The maximum atomic E-state index is 13.3. The third-order valence-corrected chi connectivity index (χ3v) is 5.21. The second-order valence-corrected chi connectivity index (χ2v) is 7.28. The van der Waals surface area contributed by atoms with Crippen LogP contribution in [-0.2, 0) is 0 Å². The first-order valence-corrected chi connectivity index (χ1v) is 9.53. The highest BCUT2D eigenvalue weighted by Gasteiger charge is 2.30. The first kappa shape index (κ1) is 19.1.